The number of amides is 2. The Morgan fingerprint density at radius 3 is 2.31 bits per heavy atom. The molecular weight excluding hydrogens is 525 g/mol. The molecule has 1 N–H and O–H groups in total. The van der Waals surface area contributed by atoms with Crippen LogP contribution in [0.5, 0.6) is 0 Å². The van der Waals surface area contributed by atoms with Gasteiger partial charge < -0.3 is 10.2 Å². The van der Waals surface area contributed by atoms with Crippen molar-refractivity contribution in [2.24, 2.45) is 0 Å². The monoisotopic (exact) mass is 555 g/mol. The van der Waals surface area contributed by atoms with Crippen molar-refractivity contribution < 1.29 is 22.8 Å². The zero-order valence-corrected chi connectivity index (χ0v) is 23.1. The number of Topliss-reactive ketones (excluding diaryl/α,β-unsaturated/α-hetero) is 1. The molecule has 2 aromatic carbocycles. The number of nitrogens with one attached hydrogen (secondary N) is 1. The fourth-order valence-corrected chi connectivity index (χ4v) is 4.92. The summed E-state index contributed by atoms with van der Waals surface area (Å²) in [5.41, 5.74) is 1.04. The van der Waals surface area contributed by atoms with Gasteiger partial charge in [-0.25, -0.2) is 8.42 Å². The minimum atomic E-state index is -3.91. The van der Waals surface area contributed by atoms with Crippen LogP contribution in [-0.2, 0) is 26.2 Å². The molecule has 0 spiro atoms. The van der Waals surface area contributed by atoms with Gasteiger partial charge in [0.1, 0.15) is 12.6 Å². The molecule has 0 saturated heterocycles. The van der Waals surface area contributed by atoms with Crippen LogP contribution in [0.3, 0.4) is 0 Å². The molecule has 196 valence electrons. The molecule has 0 radical (unpaired) electrons. The molecule has 0 saturated carbocycles. The number of ketones is 1. The molecule has 0 aromatic heterocycles. The van der Waals surface area contributed by atoms with Gasteiger partial charge in [0.2, 0.25) is 21.8 Å². The van der Waals surface area contributed by atoms with Gasteiger partial charge in [-0.2, -0.15) is 0 Å². The summed E-state index contributed by atoms with van der Waals surface area (Å²) in [5, 5.41) is 3.54. The van der Waals surface area contributed by atoms with Crippen LogP contribution >= 0.6 is 23.2 Å². The van der Waals surface area contributed by atoms with Crippen molar-refractivity contribution in [1.29, 1.82) is 0 Å². The molecule has 2 aromatic rings. The fourth-order valence-electron chi connectivity index (χ4n) is 3.61. The van der Waals surface area contributed by atoms with Crippen molar-refractivity contribution >= 4 is 56.5 Å². The lowest BCUT2D eigenvalue weighted by Crippen LogP contribution is -2.52. The van der Waals surface area contributed by atoms with Gasteiger partial charge in [0.15, 0.2) is 5.78 Å². The van der Waals surface area contributed by atoms with Crippen LogP contribution < -0.4 is 9.62 Å². The van der Waals surface area contributed by atoms with Crippen molar-refractivity contribution in [3.63, 3.8) is 0 Å². The Labute approximate surface area is 222 Å². The number of carbonyl (C=O) groups excluding carboxylic acids is 3. The Balaban J connectivity index is 2.49. The molecule has 0 aliphatic carbocycles. The van der Waals surface area contributed by atoms with Crippen LogP contribution in [0.15, 0.2) is 42.5 Å². The third kappa shape index (κ3) is 7.94. The molecule has 36 heavy (non-hydrogen) atoms. The summed E-state index contributed by atoms with van der Waals surface area (Å²) >= 11 is 12.4. The number of carbonyl (C=O) groups is 3. The number of halogens is 2. The van der Waals surface area contributed by atoms with Gasteiger partial charge in [-0.3, -0.25) is 18.7 Å². The van der Waals surface area contributed by atoms with Crippen LogP contribution in [0, 0.1) is 0 Å². The van der Waals surface area contributed by atoms with Crippen molar-refractivity contribution in [2.75, 3.05) is 23.7 Å². The molecule has 0 fully saturated rings. The average Bonchev–Trinajstić information content (AvgIpc) is 2.81. The lowest BCUT2D eigenvalue weighted by atomic mass is 10.1. The van der Waals surface area contributed by atoms with Crippen molar-refractivity contribution in [1.82, 2.24) is 10.2 Å². The third-order valence-corrected chi connectivity index (χ3v) is 7.24. The number of nitrogens with zero attached hydrogens (tertiary/aromatic N) is 2. The van der Waals surface area contributed by atoms with Crippen LogP contribution in [-0.4, -0.2) is 56.3 Å². The largest absolute Gasteiger partial charge is 0.354 e. The number of rotatable bonds is 12. The molecule has 0 bridgehead atoms. The molecule has 2 amide bonds. The second-order valence-electron chi connectivity index (χ2n) is 8.35. The quantitative estimate of drug-likeness (QED) is 0.393. The summed E-state index contributed by atoms with van der Waals surface area (Å²) < 4.78 is 26.3. The van der Waals surface area contributed by atoms with Gasteiger partial charge in [0, 0.05) is 28.7 Å². The number of anilines is 1. The SMILES string of the molecule is CCCNC(=O)[C@H](CC)N(Cc1ccc(Cl)cc1Cl)C(=O)CN(c1cccc(C(C)=O)c1)S(C)(=O)=O. The van der Waals surface area contributed by atoms with Gasteiger partial charge >= 0.3 is 0 Å². The number of benzene rings is 2. The Hall–Kier alpha value is -2.62. The molecule has 0 heterocycles. The van der Waals surface area contributed by atoms with E-state index >= 15 is 0 Å². The van der Waals surface area contributed by atoms with E-state index in [1.165, 1.54) is 30.0 Å². The first kappa shape index (κ1) is 29.6. The minimum Gasteiger partial charge on any atom is -0.354 e. The van der Waals surface area contributed by atoms with E-state index in [2.05, 4.69) is 5.32 Å². The number of sulfonamides is 1. The highest BCUT2D eigenvalue weighted by atomic mass is 35.5. The van der Waals surface area contributed by atoms with Gasteiger partial charge in [-0.05, 0) is 49.6 Å². The van der Waals surface area contributed by atoms with Crippen LogP contribution in [0.1, 0.15) is 49.5 Å². The van der Waals surface area contributed by atoms with E-state index < -0.39 is 28.5 Å². The van der Waals surface area contributed by atoms with E-state index in [1.807, 2.05) is 6.92 Å². The van der Waals surface area contributed by atoms with E-state index in [0.717, 1.165) is 10.6 Å². The molecular formula is C25H31Cl2N3O5S. The van der Waals surface area contributed by atoms with Crippen molar-refractivity contribution in [2.45, 2.75) is 46.2 Å². The van der Waals surface area contributed by atoms with E-state index in [9.17, 15) is 22.8 Å². The van der Waals surface area contributed by atoms with Crippen LogP contribution in [0.2, 0.25) is 10.0 Å². The topological polar surface area (TPSA) is 104 Å². The Morgan fingerprint density at radius 2 is 1.75 bits per heavy atom. The van der Waals surface area contributed by atoms with E-state index in [-0.39, 0.29) is 23.9 Å². The predicted molar refractivity (Wildman–Crippen MR) is 143 cm³/mol. The van der Waals surface area contributed by atoms with Gasteiger partial charge in [0.25, 0.3) is 0 Å². The summed E-state index contributed by atoms with van der Waals surface area (Å²) in [6, 6.07) is 10.00. The Kier molecular flexibility index (Phi) is 10.8. The van der Waals surface area contributed by atoms with E-state index in [1.54, 1.807) is 31.2 Å². The van der Waals surface area contributed by atoms with Gasteiger partial charge in [-0.15, -0.1) is 0 Å². The lowest BCUT2D eigenvalue weighted by molar-refractivity contribution is -0.140. The maximum Gasteiger partial charge on any atom is 0.244 e. The van der Waals surface area contributed by atoms with Crippen LogP contribution in [0.25, 0.3) is 0 Å². The summed E-state index contributed by atoms with van der Waals surface area (Å²) in [4.78, 5) is 39.8. The molecule has 11 heteroatoms. The summed E-state index contributed by atoms with van der Waals surface area (Å²) in [7, 11) is -3.91. The predicted octanol–water partition coefficient (Wildman–Crippen LogP) is 4.30. The summed E-state index contributed by atoms with van der Waals surface area (Å²) in [5.74, 6) is -1.19. The van der Waals surface area contributed by atoms with E-state index in [0.29, 0.717) is 40.6 Å². The Bertz CT molecular complexity index is 1220. The van der Waals surface area contributed by atoms with Crippen molar-refractivity contribution in [3.8, 4) is 0 Å². The summed E-state index contributed by atoms with van der Waals surface area (Å²) in [6.45, 7) is 4.89. The van der Waals surface area contributed by atoms with Crippen molar-refractivity contribution in [3.05, 3.63) is 63.6 Å². The minimum absolute atomic E-state index is 0.0298. The van der Waals surface area contributed by atoms with Gasteiger partial charge in [-0.1, -0.05) is 55.2 Å². The lowest BCUT2D eigenvalue weighted by Gasteiger charge is -2.33. The number of hydrogen-bond acceptors (Lipinski definition) is 5. The molecule has 2 rings (SSSR count). The molecule has 0 aliphatic heterocycles. The Morgan fingerprint density at radius 1 is 1.06 bits per heavy atom. The second kappa shape index (κ2) is 13.1. The molecule has 0 unspecified atom stereocenters. The molecule has 1 atom stereocenters. The van der Waals surface area contributed by atoms with Gasteiger partial charge in [0.05, 0.1) is 11.9 Å². The third-order valence-electron chi connectivity index (χ3n) is 5.51. The highest BCUT2D eigenvalue weighted by Gasteiger charge is 2.32. The zero-order valence-electron chi connectivity index (χ0n) is 20.8. The normalized spacial score (nSPS) is 12.1. The smallest absolute Gasteiger partial charge is 0.244 e. The first-order chi connectivity index (χ1) is 16.9. The standard InChI is InChI=1S/C25H31Cl2N3O5S/c1-5-12-28-25(33)23(6-2)29(15-19-10-11-20(26)14-22(19)27)24(32)16-30(36(4,34)35)21-9-7-8-18(13-21)17(3)31/h7-11,13-14,23H,5-6,12,15-16H2,1-4H3,(H,28,33)/t23-/m0/s1. The maximum atomic E-state index is 13.7. The number of hydrogen-bond donors (Lipinski definition) is 1. The highest BCUT2D eigenvalue weighted by molar-refractivity contribution is 7.92. The van der Waals surface area contributed by atoms with Crippen LogP contribution in [0.4, 0.5) is 5.69 Å². The first-order valence-corrected chi connectivity index (χ1v) is 14.1. The average molecular weight is 557 g/mol. The fraction of sp³-hybridized carbons (Fsp3) is 0.400. The highest BCUT2D eigenvalue weighted by Crippen LogP contribution is 2.25. The summed E-state index contributed by atoms with van der Waals surface area (Å²) in [6.07, 6.45) is 1.99. The maximum absolute atomic E-state index is 13.7. The first-order valence-electron chi connectivity index (χ1n) is 11.5. The molecule has 8 nitrogen and oxygen atoms in total. The zero-order chi connectivity index (χ0) is 27.0. The van der Waals surface area contributed by atoms with E-state index in [4.69, 9.17) is 23.2 Å². The molecule has 0 aliphatic rings. The second-order valence-corrected chi connectivity index (χ2v) is 11.1.